The van der Waals surface area contributed by atoms with Crippen molar-refractivity contribution in [3.8, 4) is 0 Å². The Hall–Kier alpha value is -3.04. The van der Waals surface area contributed by atoms with E-state index in [1.807, 2.05) is 13.8 Å². The van der Waals surface area contributed by atoms with E-state index in [1.165, 1.54) is 0 Å². The molecule has 1 unspecified atom stereocenters. The standard InChI is InChI=1S/C25H29N3O5S/c1-17(2)16-22(28-23(29)20-10-6-7-11-21(20)24(28)30)25(31)27-14-12-18(13-15-27)26-34(32,33)19-8-4-3-5-9-19/h3-11,17-18,22,26H,12-16H2,1-2H3. The first-order valence-corrected chi connectivity index (χ1v) is 13.0. The number of nitrogens with one attached hydrogen (secondary N) is 1. The first kappa shape index (κ1) is 24.1. The smallest absolute Gasteiger partial charge is 0.262 e. The zero-order valence-electron chi connectivity index (χ0n) is 19.3. The van der Waals surface area contributed by atoms with E-state index >= 15 is 0 Å². The highest BCUT2D eigenvalue weighted by Crippen LogP contribution is 2.28. The summed E-state index contributed by atoms with van der Waals surface area (Å²) in [6.07, 6.45) is 1.27. The van der Waals surface area contributed by atoms with Gasteiger partial charge in [-0.2, -0.15) is 0 Å². The second-order valence-electron chi connectivity index (χ2n) is 9.21. The van der Waals surface area contributed by atoms with Crippen LogP contribution in [-0.2, 0) is 14.8 Å². The van der Waals surface area contributed by atoms with Crippen molar-refractivity contribution >= 4 is 27.7 Å². The van der Waals surface area contributed by atoms with Crippen LogP contribution >= 0.6 is 0 Å². The van der Waals surface area contributed by atoms with Crippen molar-refractivity contribution in [2.45, 2.75) is 50.1 Å². The summed E-state index contributed by atoms with van der Waals surface area (Å²) in [6.45, 7) is 4.59. The molecule has 1 saturated heterocycles. The lowest BCUT2D eigenvalue weighted by Gasteiger charge is -2.36. The molecule has 2 aromatic carbocycles. The highest BCUT2D eigenvalue weighted by atomic mass is 32.2. The van der Waals surface area contributed by atoms with E-state index in [9.17, 15) is 22.8 Å². The maximum Gasteiger partial charge on any atom is 0.262 e. The summed E-state index contributed by atoms with van der Waals surface area (Å²) in [7, 11) is -3.64. The number of likely N-dealkylation sites (tertiary alicyclic amines) is 1. The monoisotopic (exact) mass is 483 g/mol. The van der Waals surface area contributed by atoms with Crippen molar-refractivity contribution in [2.75, 3.05) is 13.1 Å². The van der Waals surface area contributed by atoms with Crippen LogP contribution in [-0.4, -0.2) is 61.1 Å². The van der Waals surface area contributed by atoms with Crippen LogP contribution in [0.4, 0.5) is 0 Å². The van der Waals surface area contributed by atoms with E-state index in [0.29, 0.717) is 43.5 Å². The molecular formula is C25H29N3O5S. The fraction of sp³-hybridized carbons (Fsp3) is 0.400. The van der Waals surface area contributed by atoms with Crippen LogP contribution in [0.15, 0.2) is 59.5 Å². The Kier molecular flexibility index (Phi) is 6.86. The molecule has 0 radical (unpaired) electrons. The Bertz CT molecular complexity index is 1150. The van der Waals surface area contributed by atoms with E-state index in [0.717, 1.165) is 4.90 Å². The maximum absolute atomic E-state index is 13.5. The van der Waals surface area contributed by atoms with Crippen molar-refractivity contribution in [1.82, 2.24) is 14.5 Å². The molecule has 1 atom stereocenters. The number of nitrogens with zero attached hydrogens (tertiary/aromatic N) is 2. The molecule has 2 heterocycles. The van der Waals surface area contributed by atoms with Crippen molar-refractivity contribution < 1.29 is 22.8 Å². The van der Waals surface area contributed by atoms with Gasteiger partial charge >= 0.3 is 0 Å². The van der Waals surface area contributed by atoms with Gasteiger partial charge in [0.2, 0.25) is 15.9 Å². The van der Waals surface area contributed by atoms with Crippen LogP contribution in [0.25, 0.3) is 0 Å². The molecular weight excluding hydrogens is 454 g/mol. The van der Waals surface area contributed by atoms with Gasteiger partial charge in [-0.25, -0.2) is 13.1 Å². The lowest BCUT2D eigenvalue weighted by molar-refractivity contribution is -0.137. The minimum atomic E-state index is -3.64. The highest BCUT2D eigenvalue weighted by Gasteiger charge is 2.44. The zero-order valence-corrected chi connectivity index (χ0v) is 20.1. The molecule has 2 aromatic rings. The molecule has 0 aliphatic carbocycles. The number of hydrogen-bond donors (Lipinski definition) is 1. The summed E-state index contributed by atoms with van der Waals surface area (Å²) in [4.78, 5) is 42.5. The molecule has 3 amide bonds. The van der Waals surface area contributed by atoms with Crippen molar-refractivity contribution in [2.24, 2.45) is 5.92 Å². The van der Waals surface area contributed by atoms with Gasteiger partial charge in [-0.15, -0.1) is 0 Å². The average molecular weight is 484 g/mol. The minimum Gasteiger partial charge on any atom is -0.341 e. The third-order valence-corrected chi connectivity index (χ3v) is 7.84. The molecule has 1 fully saturated rings. The fourth-order valence-corrected chi connectivity index (χ4v) is 5.90. The predicted molar refractivity (Wildman–Crippen MR) is 127 cm³/mol. The summed E-state index contributed by atoms with van der Waals surface area (Å²) >= 11 is 0. The summed E-state index contributed by atoms with van der Waals surface area (Å²) in [5.41, 5.74) is 0.645. The van der Waals surface area contributed by atoms with Crippen molar-refractivity contribution in [3.63, 3.8) is 0 Å². The normalized spacial score (nSPS) is 17.9. The Morgan fingerprint density at radius 1 is 0.941 bits per heavy atom. The largest absolute Gasteiger partial charge is 0.341 e. The number of hydrogen-bond acceptors (Lipinski definition) is 5. The molecule has 4 rings (SSSR count). The first-order chi connectivity index (χ1) is 16.2. The van der Waals surface area contributed by atoms with Crippen LogP contribution in [0.1, 0.15) is 53.8 Å². The van der Waals surface area contributed by atoms with Crippen LogP contribution in [0.2, 0.25) is 0 Å². The molecule has 180 valence electrons. The predicted octanol–water partition coefficient (Wildman–Crippen LogP) is 2.67. The Morgan fingerprint density at radius 2 is 1.47 bits per heavy atom. The van der Waals surface area contributed by atoms with E-state index in [4.69, 9.17) is 0 Å². The number of sulfonamides is 1. The van der Waals surface area contributed by atoms with E-state index in [1.54, 1.807) is 59.5 Å². The molecule has 0 bridgehead atoms. The molecule has 0 spiro atoms. The molecule has 1 N–H and O–H groups in total. The minimum absolute atomic E-state index is 0.0912. The molecule has 2 aliphatic heterocycles. The third-order valence-electron chi connectivity index (χ3n) is 6.30. The highest BCUT2D eigenvalue weighted by molar-refractivity contribution is 7.89. The molecule has 9 heteroatoms. The summed E-state index contributed by atoms with van der Waals surface area (Å²) < 4.78 is 28.0. The Balaban J connectivity index is 1.45. The van der Waals surface area contributed by atoms with Crippen LogP contribution in [0.3, 0.4) is 0 Å². The molecule has 34 heavy (non-hydrogen) atoms. The van der Waals surface area contributed by atoms with E-state index in [-0.39, 0.29) is 22.8 Å². The molecule has 8 nitrogen and oxygen atoms in total. The lowest BCUT2D eigenvalue weighted by atomic mass is 9.99. The van der Waals surface area contributed by atoms with Gasteiger partial charge in [-0.05, 0) is 49.4 Å². The fourth-order valence-electron chi connectivity index (χ4n) is 4.57. The first-order valence-electron chi connectivity index (χ1n) is 11.5. The Morgan fingerprint density at radius 3 is 2.00 bits per heavy atom. The summed E-state index contributed by atoms with van der Waals surface area (Å²) in [5.74, 6) is -1.06. The molecule has 2 aliphatic rings. The maximum atomic E-state index is 13.5. The van der Waals surface area contributed by atoms with Gasteiger partial charge in [0.1, 0.15) is 6.04 Å². The van der Waals surface area contributed by atoms with Gasteiger partial charge in [-0.1, -0.05) is 44.2 Å². The van der Waals surface area contributed by atoms with Gasteiger partial charge in [0.25, 0.3) is 11.8 Å². The van der Waals surface area contributed by atoms with Crippen LogP contribution in [0, 0.1) is 5.92 Å². The number of carbonyl (C=O) groups excluding carboxylic acids is 3. The van der Waals surface area contributed by atoms with Crippen LogP contribution < -0.4 is 4.72 Å². The number of imide groups is 1. The SMILES string of the molecule is CC(C)CC(C(=O)N1CCC(NS(=O)(=O)c2ccccc2)CC1)N1C(=O)c2ccccc2C1=O. The number of amides is 3. The van der Waals surface area contributed by atoms with Crippen LogP contribution in [0.5, 0.6) is 0 Å². The lowest BCUT2D eigenvalue weighted by Crippen LogP contribution is -2.54. The number of carbonyl (C=O) groups is 3. The topological polar surface area (TPSA) is 104 Å². The zero-order chi connectivity index (χ0) is 24.5. The number of fused-ring (bicyclic) bond motifs is 1. The van der Waals surface area contributed by atoms with Crippen molar-refractivity contribution in [1.29, 1.82) is 0 Å². The van der Waals surface area contributed by atoms with Gasteiger partial charge in [0.15, 0.2) is 0 Å². The van der Waals surface area contributed by atoms with Crippen molar-refractivity contribution in [3.05, 3.63) is 65.7 Å². The third kappa shape index (κ3) is 4.76. The van der Waals surface area contributed by atoms with E-state index < -0.39 is 27.9 Å². The number of rotatable bonds is 7. The van der Waals surface area contributed by atoms with Gasteiger partial charge in [0.05, 0.1) is 16.0 Å². The molecule has 0 aromatic heterocycles. The quantitative estimate of drug-likeness (QED) is 0.610. The van der Waals surface area contributed by atoms with E-state index in [2.05, 4.69) is 4.72 Å². The summed E-state index contributed by atoms with van der Waals surface area (Å²) in [6, 6.07) is 13.6. The average Bonchev–Trinajstić information content (AvgIpc) is 3.08. The van der Waals surface area contributed by atoms with Gasteiger partial charge in [0, 0.05) is 19.1 Å². The summed E-state index contributed by atoms with van der Waals surface area (Å²) in [5, 5.41) is 0. The molecule has 0 saturated carbocycles. The second-order valence-corrected chi connectivity index (χ2v) is 10.9. The second kappa shape index (κ2) is 9.68. The van der Waals surface area contributed by atoms with Gasteiger partial charge < -0.3 is 4.90 Å². The van der Waals surface area contributed by atoms with Gasteiger partial charge in [-0.3, -0.25) is 19.3 Å². The number of piperidine rings is 1. The number of benzene rings is 2. The Labute approximate surface area is 200 Å².